The molecule has 27 heavy (non-hydrogen) atoms. The van der Waals surface area contributed by atoms with Gasteiger partial charge in [-0.15, -0.1) is 0 Å². The zero-order chi connectivity index (χ0) is 19.6. The summed E-state index contributed by atoms with van der Waals surface area (Å²) in [5, 5.41) is 3.47. The fourth-order valence-electron chi connectivity index (χ4n) is 4.61. The molecule has 0 aromatic heterocycles. The van der Waals surface area contributed by atoms with Gasteiger partial charge in [-0.2, -0.15) is 13.2 Å². The third-order valence-corrected chi connectivity index (χ3v) is 5.96. The molecular weight excluding hydrogens is 355 g/mol. The summed E-state index contributed by atoms with van der Waals surface area (Å²) >= 11 is 0. The highest BCUT2D eigenvalue weighted by Crippen LogP contribution is 2.39. The molecule has 2 fully saturated rings. The van der Waals surface area contributed by atoms with E-state index < -0.39 is 11.7 Å². The average molecular weight is 383 g/mol. The second kappa shape index (κ2) is 8.19. The van der Waals surface area contributed by atoms with Gasteiger partial charge in [0, 0.05) is 25.7 Å². The Morgan fingerprint density at radius 2 is 1.96 bits per heavy atom. The van der Waals surface area contributed by atoms with Crippen LogP contribution in [0.1, 0.15) is 43.7 Å². The zero-order valence-electron chi connectivity index (χ0n) is 15.6. The lowest BCUT2D eigenvalue weighted by Crippen LogP contribution is -2.48. The molecule has 7 heteroatoms. The van der Waals surface area contributed by atoms with Crippen LogP contribution in [0.15, 0.2) is 24.3 Å². The molecule has 1 aliphatic heterocycles. The molecule has 1 saturated carbocycles. The Bertz CT molecular complexity index is 647. The number of nitrogens with two attached hydrogens (primary N) is 1. The van der Waals surface area contributed by atoms with Crippen molar-refractivity contribution >= 4 is 5.91 Å². The number of hydrogen-bond donors (Lipinski definition) is 2. The maximum atomic E-state index is 12.7. The predicted octanol–water partition coefficient (Wildman–Crippen LogP) is 3.16. The smallest absolute Gasteiger partial charge is 0.368 e. The van der Waals surface area contributed by atoms with E-state index in [4.69, 9.17) is 5.73 Å². The number of carbonyl (C=O) groups excluding carboxylic acids is 1. The van der Waals surface area contributed by atoms with Crippen LogP contribution in [-0.4, -0.2) is 36.0 Å². The van der Waals surface area contributed by atoms with Crippen molar-refractivity contribution < 1.29 is 18.0 Å². The largest absolute Gasteiger partial charge is 0.416 e. The lowest BCUT2D eigenvalue weighted by molar-refractivity contribution is -0.137. The van der Waals surface area contributed by atoms with Gasteiger partial charge in [-0.1, -0.05) is 25.5 Å². The Hall–Kier alpha value is -1.60. The van der Waals surface area contributed by atoms with E-state index in [9.17, 15) is 18.0 Å². The van der Waals surface area contributed by atoms with Gasteiger partial charge in [0.25, 0.3) is 0 Å². The standard InChI is InChI=1S/C20H28F3N3O/c1-2-3-18(19(24)27)25-17-9-6-14-11-26(12-16(14)17)10-13-4-7-15(8-5-13)20(21,22)23/h4-5,7-8,14,16-18,25H,2-3,6,9-12H2,1H3,(H2,24,27)/t14-,16+,17+,18+/m1/s1. The van der Waals surface area contributed by atoms with Crippen LogP contribution in [0.2, 0.25) is 0 Å². The van der Waals surface area contributed by atoms with Crippen molar-refractivity contribution in [3.05, 3.63) is 35.4 Å². The number of benzene rings is 1. The van der Waals surface area contributed by atoms with Gasteiger partial charge in [0.1, 0.15) is 0 Å². The molecule has 2 aliphatic rings. The van der Waals surface area contributed by atoms with Gasteiger partial charge >= 0.3 is 6.18 Å². The molecule has 1 aromatic carbocycles. The summed E-state index contributed by atoms with van der Waals surface area (Å²) in [5.41, 5.74) is 5.81. The number of hydrogen-bond acceptors (Lipinski definition) is 3. The van der Waals surface area contributed by atoms with Crippen molar-refractivity contribution in [2.24, 2.45) is 17.6 Å². The van der Waals surface area contributed by atoms with Crippen molar-refractivity contribution in [3.8, 4) is 0 Å². The van der Waals surface area contributed by atoms with E-state index >= 15 is 0 Å². The minimum atomic E-state index is -4.29. The molecule has 0 radical (unpaired) electrons. The summed E-state index contributed by atoms with van der Waals surface area (Å²) in [6, 6.07) is 5.45. The Kier molecular flexibility index (Phi) is 6.11. The summed E-state index contributed by atoms with van der Waals surface area (Å²) in [6.07, 6.45) is -0.474. The van der Waals surface area contributed by atoms with E-state index in [0.29, 0.717) is 18.4 Å². The molecule has 1 heterocycles. The van der Waals surface area contributed by atoms with E-state index in [-0.39, 0.29) is 18.0 Å². The number of nitrogens with zero attached hydrogens (tertiary/aromatic N) is 1. The number of alkyl halides is 3. The molecular formula is C20H28F3N3O. The highest BCUT2D eigenvalue weighted by Gasteiger charge is 2.43. The molecule has 4 atom stereocenters. The molecule has 0 unspecified atom stereocenters. The summed E-state index contributed by atoms with van der Waals surface area (Å²) in [6.45, 7) is 4.56. The Morgan fingerprint density at radius 1 is 1.26 bits per heavy atom. The monoisotopic (exact) mass is 383 g/mol. The lowest BCUT2D eigenvalue weighted by Gasteiger charge is -2.25. The maximum Gasteiger partial charge on any atom is 0.416 e. The molecule has 150 valence electrons. The fourth-order valence-corrected chi connectivity index (χ4v) is 4.61. The summed E-state index contributed by atoms with van der Waals surface area (Å²) in [4.78, 5) is 14.0. The lowest BCUT2D eigenvalue weighted by atomic mass is 9.96. The van der Waals surface area contributed by atoms with E-state index in [1.807, 2.05) is 6.92 Å². The average Bonchev–Trinajstić information content (AvgIpc) is 3.15. The third kappa shape index (κ3) is 4.82. The number of likely N-dealkylation sites (tertiary alicyclic amines) is 1. The topological polar surface area (TPSA) is 58.4 Å². The molecule has 1 amide bonds. The number of fused-ring (bicyclic) bond motifs is 1. The Morgan fingerprint density at radius 3 is 2.56 bits per heavy atom. The minimum absolute atomic E-state index is 0.275. The van der Waals surface area contributed by atoms with Gasteiger partial charge in [-0.05, 0) is 48.8 Å². The Labute approximate surface area is 158 Å². The highest BCUT2D eigenvalue weighted by molar-refractivity contribution is 5.79. The molecule has 3 rings (SSSR count). The van der Waals surface area contributed by atoms with Crippen molar-refractivity contribution in [2.75, 3.05) is 13.1 Å². The van der Waals surface area contributed by atoms with Gasteiger partial charge in [0.05, 0.1) is 11.6 Å². The van der Waals surface area contributed by atoms with Crippen LogP contribution < -0.4 is 11.1 Å². The van der Waals surface area contributed by atoms with Gasteiger partial charge in [-0.3, -0.25) is 9.69 Å². The van der Waals surface area contributed by atoms with Crippen molar-refractivity contribution in [1.29, 1.82) is 0 Å². The van der Waals surface area contributed by atoms with E-state index in [1.165, 1.54) is 0 Å². The number of nitrogens with one attached hydrogen (secondary N) is 1. The SMILES string of the molecule is CCC[C@H](N[C@H]1CC[C@@H]2CN(Cc3ccc(C(F)(F)F)cc3)C[C@@H]21)C(N)=O. The molecule has 1 aliphatic carbocycles. The molecule has 1 saturated heterocycles. The Balaban J connectivity index is 1.57. The van der Waals surface area contributed by atoms with Crippen LogP contribution in [0.4, 0.5) is 13.2 Å². The summed E-state index contributed by atoms with van der Waals surface area (Å²) < 4.78 is 38.1. The summed E-state index contributed by atoms with van der Waals surface area (Å²) in [5.74, 6) is 0.755. The minimum Gasteiger partial charge on any atom is -0.368 e. The number of rotatable bonds is 7. The first-order valence-electron chi connectivity index (χ1n) is 9.71. The first-order chi connectivity index (χ1) is 12.8. The zero-order valence-corrected chi connectivity index (χ0v) is 15.6. The first-order valence-corrected chi connectivity index (χ1v) is 9.71. The van der Waals surface area contributed by atoms with Crippen molar-refractivity contribution in [2.45, 2.75) is 57.4 Å². The second-order valence-electron chi connectivity index (χ2n) is 7.91. The molecule has 1 aromatic rings. The van der Waals surface area contributed by atoms with E-state index in [1.54, 1.807) is 12.1 Å². The van der Waals surface area contributed by atoms with Gasteiger partial charge in [-0.25, -0.2) is 0 Å². The maximum absolute atomic E-state index is 12.7. The normalized spacial score (nSPS) is 26.9. The predicted molar refractivity (Wildman–Crippen MR) is 97.7 cm³/mol. The van der Waals surface area contributed by atoms with Crippen LogP contribution in [0.25, 0.3) is 0 Å². The first kappa shape index (κ1) is 20.1. The number of amides is 1. The van der Waals surface area contributed by atoms with Crippen LogP contribution in [0.3, 0.4) is 0 Å². The van der Waals surface area contributed by atoms with Crippen LogP contribution in [-0.2, 0) is 17.5 Å². The third-order valence-electron chi connectivity index (χ3n) is 5.96. The number of halogens is 3. The van der Waals surface area contributed by atoms with Crippen molar-refractivity contribution in [3.63, 3.8) is 0 Å². The van der Waals surface area contributed by atoms with Gasteiger partial charge in [0.15, 0.2) is 0 Å². The van der Waals surface area contributed by atoms with Gasteiger partial charge in [0.2, 0.25) is 5.91 Å². The highest BCUT2D eigenvalue weighted by atomic mass is 19.4. The van der Waals surface area contributed by atoms with Gasteiger partial charge < -0.3 is 11.1 Å². The fraction of sp³-hybridized carbons (Fsp3) is 0.650. The molecule has 0 spiro atoms. The van der Waals surface area contributed by atoms with E-state index in [2.05, 4.69) is 10.2 Å². The molecule has 4 nitrogen and oxygen atoms in total. The van der Waals surface area contributed by atoms with Crippen LogP contribution in [0.5, 0.6) is 0 Å². The number of carbonyl (C=O) groups is 1. The molecule has 0 bridgehead atoms. The number of primary amides is 1. The van der Waals surface area contributed by atoms with Crippen LogP contribution >= 0.6 is 0 Å². The summed E-state index contributed by atoms with van der Waals surface area (Å²) in [7, 11) is 0. The molecule has 3 N–H and O–H groups in total. The van der Waals surface area contributed by atoms with Crippen molar-refractivity contribution in [1.82, 2.24) is 10.2 Å². The quantitative estimate of drug-likeness (QED) is 0.760. The van der Waals surface area contributed by atoms with Crippen LogP contribution in [0, 0.1) is 11.8 Å². The van der Waals surface area contributed by atoms with E-state index in [0.717, 1.165) is 56.5 Å². The second-order valence-corrected chi connectivity index (χ2v) is 7.91.